The molecule has 0 N–H and O–H groups in total. The van der Waals surface area contributed by atoms with Gasteiger partial charge in [0, 0.05) is 12.5 Å². The molecule has 0 radical (unpaired) electrons. The maximum atomic E-state index is 10.6. The molecule has 5 heteroatoms. The lowest BCUT2D eigenvalue weighted by Gasteiger charge is -1.98. The summed E-state index contributed by atoms with van der Waals surface area (Å²) in [4.78, 5) is 10.3. The quantitative estimate of drug-likeness (QED) is 0.581. The fourth-order valence-electron chi connectivity index (χ4n) is 1.48. The largest absolute Gasteiger partial charge is 0.454 e. The third-order valence-corrected chi connectivity index (χ3v) is 2.33. The lowest BCUT2D eigenvalue weighted by atomic mass is 10.1. The van der Waals surface area contributed by atoms with E-state index >= 15 is 0 Å². The second kappa shape index (κ2) is 4.22. The predicted molar refractivity (Wildman–Crippen MR) is 57.8 cm³/mol. The SMILES string of the molecule is CC/C(=C/c1ccc2c(c1)OCO2)[N+](=O)[O-]. The summed E-state index contributed by atoms with van der Waals surface area (Å²) in [5.41, 5.74) is 0.927. The first-order valence-electron chi connectivity index (χ1n) is 4.95. The van der Waals surface area contributed by atoms with Crippen LogP contribution in [-0.2, 0) is 0 Å². The molecule has 16 heavy (non-hydrogen) atoms. The number of ether oxygens (including phenoxy) is 2. The van der Waals surface area contributed by atoms with Gasteiger partial charge in [0.2, 0.25) is 12.5 Å². The summed E-state index contributed by atoms with van der Waals surface area (Å²) in [6.45, 7) is 1.96. The zero-order valence-electron chi connectivity index (χ0n) is 8.80. The Balaban J connectivity index is 2.31. The van der Waals surface area contributed by atoms with Crippen LogP contribution in [-0.4, -0.2) is 11.7 Å². The third kappa shape index (κ3) is 1.98. The van der Waals surface area contributed by atoms with Gasteiger partial charge in [-0.2, -0.15) is 0 Å². The number of rotatable bonds is 3. The number of allylic oxidation sites excluding steroid dienone is 1. The van der Waals surface area contributed by atoms with Crippen molar-refractivity contribution in [1.82, 2.24) is 0 Å². The molecule has 0 unspecified atom stereocenters. The van der Waals surface area contributed by atoms with Crippen molar-refractivity contribution in [2.45, 2.75) is 13.3 Å². The minimum absolute atomic E-state index is 0.180. The van der Waals surface area contributed by atoms with Crippen LogP contribution in [0, 0.1) is 10.1 Å². The Morgan fingerprint density at radius 1 is 1.50 bits per heavy atom. The number of fused-ring (bicyclic) bond motifs is 1. The maximum absolute atomic E-state index is 10.6. The first-order valence-corrected chi connectivity index (χ1v) is 4.95. The molecular weight excluding hydrogens is 210 g/mol. The Morgan fingerprint density at radius 2 is 2.25 bits per heavy atom. The van der Waals surface area contributed by atoms with Crippen molar-refractivity contribution in [3.8, 4) is 11.5 Å². The van der Waals surface area contributed by atoms with Gasteiger partial charge >= 0.3 is 0 Å². The normalized spacial score (nSPS) is 13.9. The van der Waals surface area contributed by atoms with Crippen LogP contribution in [0.1, 0.15) is 18.9 Å². The number of nitro groups is 1. The van der Waals surface area contributed by atoms with Crippen molar-refractivity contribution in [3.63, 3.8) is 0 Å². The van der Waals surface area contributed by atoms with Gasteiger partial charge in [-0.15, -0.1) is 0 Å². The van der Waals surface area contributed by atoms with Crippen LogP contribution < -0.4 is 9.47 Å². The van der Waals surface area contributed by atoms with E-state index in [1.807, 2.05) is 0 Å². The Morgan fingerprint density at radius 3 is 2.94 bits per heavy atom. The maximum Gasteiger partial charge on any atom is 0.246 e. The lowest BCUT2D eigenvalue weighted by molar-refractivity contribution is -0.425. The number of benzene rings is 1. The fourth-order valence-corrected chi connectivity index (χ4v) is 1.48. The standard InChI is InChI=1S/C11H11NO4/c1-2-9(12(13)14)5-8-3-4-10-11(6-8)16-7-15-10/h3-6H,2,7H2,1H3/b9-5-. The molecule has 0 spiro atoms. The van der Waals surface area contributed by atoms with E-state index in [0.29, 0.717) is 17.9 Å². The van der Waals surface area contributed by atoms with Crippen LogP contribution in [0.25, 0.3) is 6.08 Å². The molecule has 2 rings (SSSR count). The summed E-state index contributed by atoms with van der Waals surface area (Å²) in [6, 6.07) is 5.26. The molecule has 1 aliphatic heterocycles. The first kappa shape index (κ1) is 10.5. The predicted octanol–water partition coefficient (Wildman–Crippen LogP) is 2.44. The summed E-state index contributed by atoms with van der Waals surface area (Å²) in [6.07, 6.45) is 1.93. The van der Waals surface area contributed by atoms with Crippen LogP contribution in [0.2, 0.25) is 0 Å². The highest BCUT2D eigenvalue weighted by molar-refractivity contribution is 5.57. The average molecular weight is 221 g/mol. The molecule has 5 nitrogen and oxygen atoms in total. The van der Waals surface area contributed by atoms with E-state index in [0.717, 1.165) is 5.56 Å². The summed E-state index contributed by atoms with van der Waals surface area (Å²) in [5.74, 6) is 1.31. The monoisotopic (exact) mass is 221 g/mol. The lowest BCUT2D eigenvalue weighted by Crippen LogP contribution is -1.96. The average Bonchev–Trinajstić information content (AvgIpc) is 2.72. The highest BCUT2D eigenvalue weighted by Crippen LogP contribution is 2.33. The molecule has 1 aromatic carbocycles. The molecule has 0 fully saturated rings. The number of hydrogen-bond acceptors (Lipinski definition) is 4. The molecule has 0 saturated carbocycles. The molecule has 0 amide bonds. The Bertz CT molecular complexity index is 453. The summed E-state index contributed by atoms with van der Waals surface area (Å²) in [7, 11) is 0. The van der Waals surface area contributed by atoms with Crippen molar-refractivity contribution in [3.05, 3.63) is 39.6 Å². The smallest absolute Gasteiger partial charge is 0.246 e. The zero-order chi connectivity index (χ0) is 11.5. The van der Waals surface area contributed by atoms with Gasteiger partial charge in [-0.05, 0) is 17.7 Å². The fraction of sp³-hybridized carbons (Fsp3) is 0.273. The highest BCUT2D eigenvalue weighted by Gasteiger charge is 2.14. The Hall–Kier alpha value is -2.04. The second-order valence-corrected chi connectivity index (χ2v) is 3.36. The van der Waals surface area contributed by atoms with E-state index in [4.69, 9.17) is 9.47 Å². The molecule has 0 aliphatic carbocycles. The van der Waals surface area contributed by atoms with Gasteiger partial charge in [0.15, 0.2) is 11.5 Å². The van der Waals surface area contributed by atoms with Crippen molar-refractivity contribution in [1.29, 1.82) is 0 Å². The van der Waals surface area contributed by atoms with E-state index in [1.54, 1.807) is 31.2 Å². The van der Waals surface area contributed by atoms with Crippen LogP contribution in [0.5, 0.6) is 11.5 Å². The van der Waals surface area contributed by atoms with E-state index < -0.39 is 0 Å². The van der Waals surface area contributed by atoms with Crippen molar-refractivity contribution in [2.75, 3.05) is 6.79 Å². The van der Waals surface area contributed by atoms with Crippen molar-refractivity contribution < 1.29 is 14.4 Å². The van der Waals surface area contributed by atoms with Crippen LogP contribution in [0.4, 0.5) is 0 Å². The second-order valence-electron chi connectivity index (χ2n) is 3.36. The van der Waals surface area contributed by atoms with E-state index in [-0.39, 0.29) is 17.4 Å². The van der Waals surface area contributed by atoms with Gasteiger partial charge in [0.1, 0.15) is 0 Å². The molecular formula is C11H11NO4. The Kier molecular flexibility index (Phi) is 2.76. The molecule has 1 heterocycles. The van der Waals surface area contributed by atoms with E-state index in [2.05, 4.69) is 0 Å². The van der Waals surface area contributed by atoms with Gasteiger partial charge in [0.25, 0.3) is 0 Å². The van der Waals surface area contributed by atoms with Crippen LogP contribution in [0.3, 0.4) is 0 Å². The molecule has 84 valence electrons. The highest BCUT2D eigenvalue weighted by atomic mass is 16.7. The number of nitrogens with zero attached hydrogens (tertiary/aromatic N) is 1. The van der Waals surface area contributed by atoms with E-state index in [1.165, 1.54) is 0 Å². The van der Waals surface area contributed by atoms with Gasteiger partial charge < -0.3 is 9.47 Å². The van der Waals surface area contributed by atoms with Gasteiger partial charge in [-0.1, -0.05) is 13.0 Å². The topological polar surface area (TPSA) is 61.6 Å². The summed E-state index contributed by atoms with van der Waals surface area (Å²) >= 11 is 0. The minimum atomic E-state index is -0.370. The molecule has 1 aliphatic rings. The molecule has 0 aromatic heterocycles. The van der Waals surface area contributed by atoms with Gasteiger partial charge in [-0.25, -0.2) is 0 Å². The molecule has 0 bridgehead atoms. The number of hydrogen-bond donors (Lipinski definition) is 0. The van der Waals surface area contributed by atoms with E-state index in [9.17, 15) is 10.1 Å². The molecule has 0 saturated heterocycles. The van der Waals surface area contributed by atoms with Gasteiger partial charge in [-0.3, -0.25) is 10.1 Å². The first-order chi connectivity index (χ1) is 7.70. The van der Waals surface area contributed by atoms with Crippen molar-refractivity contribution in [2.24, 2.45) is 0 Å². The van der Waals surface area contributed by atoms with Crippen molar-refractivity contribution >= 4 is 6.08 Å². The zero-order valence-corrected chi connectivity index (χ0v) is 8.80. The summed E-state index contributed by atoms with van der Waals surface area (Å²) < 4.78 is 10.3. The molecule has 1 aromatic rings. The minimum Gasteiger partial charge on any atom is -0.454 e. The third-order valence-electron chi connectivity index (χ3n) is 2.33. The van der Waals surface area contributed by atoms with Crippen LogP contribution >= 0.6 is 0 Å². The molecule has 0 atom stereocenters. The van der Waals surface area contributed by atoms with Gasteiger partial charge in [0.05, 0.1) is 4.92 Å². The Labute approximate surface area is 92.4 Å². The summed E-state index contributed by atoms with van der Waals surface area (Å²) in [5, 5.41) is 10.6. The van der Waals surface area contributed by atoms with Crippen LogP contribution in [0.15, 0.2) is 23.9 Å².